The number of nitrogen functional groups attached to an aromatic ring is 1. The van der Waals surface area contributed by atoms with Crippen molar-refractivity contribution in [2.75, 3.05) is 17.2 Å². The van der Waals surface area contributed by atoms with Crippen molar-refractivity contribution in [3.8, 4) is 0 Å². The number of nitrogens with two attached hydrogens (primary N) is 2. The summed E-state index contributed by atoms with van der Waals surface area (Å²) in [5, 5.41) is 0.371. The third-order valence-corrected chi connectivity index (χ3v) is 3.63. The van der Waals surface area contributed by atoms with Crippen molar-refractivity contribution in [2.45, 2.75) is 13.5 Å². The number of halogens is 1. The van der Waals surface area contributed by atoms with Crippen LogP contribution < -0.4 is 16.4 Å². The smallest absolute Gasteiger partial charge is 0.252 e. The summed E-state index contributed by atoms with van der Waals surface area (Å²) in [4.78, 5) is 13.7. The number of amides is 1. The number of carbonyl (C=O) groups excluding carboxylic acids is 1. The molecule has 4 N–H and O–H groups in total. The van der Waals surface area contributed by atoms with Crippen molar-refractivity contribution >= 4 is 28.9 Å². The predicted octanol–water partition coefficient (Wildman–Crippen LogP) is 3.05. The number of carbonyl (C=O) groups is 1. The zero-order valence-corrected chi connectivity index (χ0v) is 12.6. The van der Waals surface area contributed by atoms with E-state index in [-0.39, 0.29) is 0 Å². The number of primary amides is 1. The molecule has 0 spiro atoms. The molecule has 110 valence electrons. The van der Waals surface area contributed by atoms with Crippen LogP contribution in [0.3, 0.4) is 0 Å². The molecule has 2 aromatic carbocycles. The molecule has 21 heavy (non-hydrogen) atoms. The first-order chi connectivity index (χ1) is 10.0. The average molecular weight is 304 g/mol. The molecule has 0 aliphatic carbocycles. The maximum atomic E-state index is 11.7. The van der Waals surface area contributed by atoms with E-state index in [0.717, 1.165) is 23.5 Å². The van der Waals surface area contributed by atoms with Gasteiger partial charge in [0.25, 0.3) is 5.91 Å². The second kappa shape index (κ2) is 6.50. The van der Waals surface area contributed by atoms with Gasteiger partial charge in [-0.25, -0.2) is 0 Å². The fourth-order valence-corrected chi connectivity index (χ4v) is 2.49. The molecular weight excluding hydrogens is 286 g/mol. The van der Waals surface area contributed by atoms with Gasteiger partial charge in [0.1, 0.15) is 0 Å². The highest BCUT2D eigenvalue weighted by Crippen LogP contribution is 2.28. The van der Waals surface area contributed by atoms with Gasteiger partial charge in [-0.15, -0.1) is 0 Å². The summed E-state index contributed by atoms with van der Waals surface area (Å²) >= 11 is 6.11. The fraction of sp³-hybridized carbons (Fsp3) is 0.188. The van der Waals surface area contributed by atoms with Crippen LogP contribution in [0, 0.1) is 0 Å². The number of hydrogen-bond acceptors (Lipinski definition) is 3. The summed E-state index contributed by atoms with van der Waals surface area (Å²) in [5.41, 5.74) is 14.1. The molecule has 0 saturated heterocycles. The Morgan fingerprint density at radius 3 is 2.43 bits per heavy atom. The summed E-state index contributed by atoms with van der Waals surface area (Å²) in [6.07, 6.45) is 0. The summed E-state index contributed by atoms with van der Waals surface area (Å²) in [5.74, 6) is -0.522. The van der Waals surface area contributed by atoms with Gasteiger partial charge in [-0.1, -0.05) is 29.8 Å². The second-order valence-electron chi connectivity index (χ2n) is 4.75. The third-order valence-electron chi connectivity index (χ3n) is 3.31. The molecule has 0 saturated carbocycles. The molecule has 1 amide bonds. The summed E-state index contributed by atoms with van der Waals surface area (Å²) in [6.45, 7) is 3.39. The first-order valence-corrected chi connectivity index (χ1v) is 7.08. The minimum Gasteiger partial charge on any atom is -0.399 e. The molecule has 0 unspecified atom stereocenters. The summed E-state index contributed by atoms with van der Waals surface area (Å²) in [7, 11) is 0. The minimum atomic E-state index is -0.522. The molecule has 2 aromatic rings. The van der Waals surface area contributed by atoms with Crippen LogP contribution in [0.1, 0.15) is 22.8 Å². The van der Waals surface area contributed by atoms with Crippen molar-refractivity contribution < 1.29 is 4.79 Å². The Morgan fingerprint density at radius 2 is 1.86 bits per heavy atom. The zero-order valence-electron chi connectivity index (χ0n) is 11.8. The van der Waals surface area contributed by atoms with E-state index in [1.807, 2.05) is 43.3 Å². The number of anilines is 2. The van der Waals surface area contributed by atoms with E-state index in [2.05, 4.69) is 4.90 Å². The molecule has 0 radical (unpaired) electrons. The third kappa shape index (κ3) is 3.47. The van der Waals surface area contributed by atoms with Gasteiger partial charge < -0.3 is 16.4 Å². The number of rotatable bonds is 5. The molecule has 0 aromatic heterocycles. The van der Waals surface area contributed by atoms with Crippen LogP contribution in [0.15, 0.2) is 42.5 Å². The van der Waals surface area contributed by atoms with Crippen LogP contribution in [-0.4, -0.2) is 12.5 Å². The molecule has 0 bridgehead atoms. The Balaban J connectivity index is 2.35. The van der Waals surface area contributed by atoms with Gasteiger partial charge in [-0.2, -0.15) is 0 Å². The first kappa shape index (κ1) is 15.2. The van der Waals surface area contributed by atoms with E-state index in [1.54, 1.807) is 6.07 Å². The lowest BCUT2D eigenvalue weighted by molar-refractivity contribution is 0.100. The minimum absolute atomic E-state index is 0.358. The molecule has 0 aliphatic heterocycles. The molecule has 5 heteroatoms. The van der Waals surface area contributed by atoms with Gasteiger partial charge in [0.05, 0.1) is 16.3 Å². The van der Waals surface area contributed by atoms with Crippen LogP contribution in [0.2, 0.25) is 5.02 Å². The van der Waals surface area contributed by atoms with Crippen LogP contribution in [-0.2, 0) is 6.54 Å². The fourth-order valence-electron chi connectivity index (χ4n) is 2.23. The Bertz CT molecular complexity index is 640. The van der Waals surface area contributed by atoms with Gasteiger partial charge in [-0.05, 0) is 36.8 Å². The number of hydrogen-bond donors (Lipinski definition) is 2. The van der Waals surface area contributed by atoms with Crippen molar-refractivity contribution in [3.63, 3.8) is 0 Å². The molecule has 2 rings (SSSR count). The van der Waals surface area contributed by atoms with E-state index in [0.29, 0.717) is 17.1 Å². The predicted molar refractivity (Wildman–Crippen MR) is 87.5 cm³/mol. The van der Waals surface area contributed by atoms with E-state index in [9.17, 15) is 4.79 Å². The van der Waals surface area contributed by atoms with Gasteiger partial charge in [0, 0.05) is 18.8 Å². The first-order valence-electron chi connectivity index (χ1n) is 6.70. The lowest BCUT2D eigenvalue weighted by Crippen LogP contribution is -2.26. The van der Waals surface area contributed by atoms with Crippen molar-refractivity contribution in [1.82, 2.24) is 0 Å². The summed E-state index contributed by atoms with van der Waals surface area (Å²) in [6, 6.07) is 13.0. The standard InChI is InChI=1S/C16H18ClN3O/c1-2-20(10-11-6-8-12(18)9-7-11)14-5-3-4-13(17)15(14)16(19)21/h3-9H,2,10,18H2,1H3,(H2,19,21). The Morgan fingerprint density at radius 1 is 1.19 bits per heavy atom. The quantitative estimate of drug-likeness (QED) is 0.834. The van der Waals surface area contributed by atoms with Crippen molar-refractivity contribution in [1.29, 1.82) is 0 Å². The highest BCUT2D eigenvalue weighted by atomic mass is 35.5. The maximum absolute atomic E-state index is 11.7. The molecular formula is C16H18ClN3O. The van der Waals surface area contributed by atoms with Gasteiger partial charge in [0.15, 0.2) is 0 Å². The average Bonchev–Trinajstić information content (AvgIpc) is 2.46. The topological polar surface area (TPSA) is 72.3 Å². The van der Waals surface area contributed by atoms with Crippen molar-refractivity contribution in [2.24, 2.45) is 5.73 Å². The van der Waals surface area contributed by atoms with Crippen LogP contribution in [0.5, 0.6) is 0 Å². The van der Waals surface area contributed by atoms with Gasteiger partial charge in [-0.3, -0.25) is 4.79 Å². The van der Waals surface area contributed by atoms with Crippen LogP contribution in [0.4, 0.5) is 11.4 Å². The summed E-state index contributed by atoms with van der Waals surface area (Å²) < 4.78 is 0. The lowest BCUT2D eigenvalue weighted by atomic mass is 10.1. The van der Waals surface area contributed by atoms with E-state index < -0.39 is 5.91 Å². The highest BCUT2D eigenvalue weighted by molar-refractivity contribution is 6.34. The van der Waals surface area contributed by atoms with Crippen LogP contribution in [0.25, 0.3) is 0 Å². The Kier molecular flexibility index (Phi) is 4.70. The molecule has 0 aliphatic rings. The zero-order chi connectivity index (χ0) is 15.4. The van der Waals surface area contributed by atoms with Crippen molar-refractivity contribution in [3.05, 3.63) is 58.6 Å². The second-order valence-corrected chi connectivity index (χ2v) is 5.16. The van der Waals surface area contributed by atoms with Crippen LogP contribution >= 0.6 is 11.6 Å². The van der Waals surface area contributed by atoms with Gasteiger partial charge in [0.2, 0.25) is 0 Å². The lowest BCUT2D eigenvalue weighted by Gasteiger charge is -2.25. The van der Waals surface area contributed by atoms with Gasteiger partial charge >= 0.3 is 0 Å². The Labute approximate surface area is 129 Å². The maximum Gasteiger partial charge on any atom is 0.252 e. The number of nitrogens with zero attached hydrogens (tertiary/aromatic N) is 1. The van der Waals surface area contributed by atoms with E-state index in [4.69, 9.17) is 23.1 Å². The molecule has 0 heterocycles. The monoisotopic (exact) mass is 303 g/mol. The van der Waals surface area contributed by atoms with E-state index >= 15 is 0 Å². The number of benzene rings is 2. The largest absolute Gasteiger partial charge is 0.399 e. The SMILES string of the molecule is CCN(Cc1ccc(N)cc1)c1cccc(Cl)c1C(N)=O. The highest BCUT2D eigenvalue weighted by Gasteiger charge is 2.17. The molecule has 4 nitrogen and oxygen atoms in total. The normalized spacial score (nSPS) is 10.4. The molecule has 0 fully saturated rings. The van der Waals surface area contributed by atoms with E-state index in [1.165, 1.54) is 0 Å². The molecule has 0 atom stereocenters. The Hall–Kier alpha value is -2.20.